The molecule has 0 bridgehead atoms. The van der Waals surface area contributed by atoms with Crippen LogP contribution in [0.3, 0.4) is 0 Å². The van der Waals surface area contributed by atoms with Crippen molar-refractivity contribution in [1.29, 1.82) is 0 Å². The summed E-state index contributed by atoms with van der Waals surface area (Å²) in [6, 6.07) is 0. The summed E-state index contributed by atoms with van der Waals surface area (Å²) in [7, 11) is -3.03. The Morgan fingerprint density at radius 2 is 2.00 bits per heavy atom. The minimum absolute atomic E-state index is 0.0876. The van der Waals surface area contributed by atoms with Crippen LogP contribution >= 0.6 is 11.6 Å². The third-order valence-electron chi connectivity index (χ3n) is 1.26. The van der Waals surface area contributed by atoms with Gasteiger partial charge in [-0.05, 0) is 0 Å². The Bertz CT molecular complexity index is 182. The average molecular weight is 171 g/mol. The Kier molecular flexibility index (Phi) is 1.71. The molecular formula is C4H7ClO3S. The summed E-state index contributed by atoms with van der Waals surface area (Å²) in [5, 5.41) is 8.22. The van der Waals surface area contributed by atoms with Crippen LogP contribution in [0.5, 0.6) is 0 Å². The van der Waals surface area contributed by atoms with Crippen LogP contribution in [0.4, 0.5) is 0 Å². The average Bonchev–Trinajstić information content (AvgIpc) is 1.79. The van der Waals surface area contributed by atoms with Crippen molar-refractivity contribution >= 4 is 21.4 Å². The standard InChI is InChI=1S/C4H7ClO3S/c5-3-1-9(7,8)2-4(3)6/h3-4,6H,1-2H2. The molecule has 1 heterocycles. The molecule has 5 heteroatoms. The summed E-state index contributed by atoms with van der Waals surface area (Å²) < 4.78 is 21.2. The summed E-state index contributed by atoms with van der Waals surface area (Å²) in [4.78, 5) is 0. The van der Waals surface area contributed by atoms with Crippen molar-refractivity contribution in [2.75, 3.05) is 11.5 Å². The van der Waals surface area contributed by atoms with Crippen molar-refractivity contribution in [3.8, 4) is 0 Å². The van der Waals surface area contributed by atoms with Gasteiger partial charge in [-0.2, -0.15) is 0 Å². The minimum Gasteiger partial charge on any atom is -0.390 e. The zero-order chi connectivity index (χ0) is 7.07. The van der Waals surface area contributed by atoms with Gasteiger partial charge in [0.05, 0.1) is 23.0 Å². The predicted octanol–water partition coefficient (Wildman–Crippen LogP) is -0.617. The highest BCUT2D eigenvalue weighted by Crippen LogP contribution is 2.16. The van der Waals surface area contributed by atoms with Crippen LogP contribution in [0.2, 0.25) is 0 Å². The van der Waals surface area contributed by atoms with E-state index in [1.54, 1.807) is 0 Å². The second kappa shape index (κ2) is 2.11. The van der Waals surface area contributed by atoms with Gasteiger partial charge in [0.2, 0.25) is 0 Å². The van der Waals surface area contributed by atoms with Crippen molar-refractivity contribution in [2.24, 2.45) is 0 Å². The normalized spacial score (nSPS) is 41.1. The van der Waals surface area contributed by atoms with Crippen LogP contribution in [0.15, 0.2) is 0 Å². The van der Waals surface area contributed by atoms with E-state index in [1.165, 1.54) is 0 Å². The Morgan fingerprint density at radius 1 is 1.44 bits per heavy atom. The van der Waals surface area contributed by atoms with Gasteiger partial charge in [0, 0.05) is 0 Å². The fourth-order valence-electron chi connectivity index (χ4n) is 0.786. The Hall–Kier alpha value is 0.200. The molecule has 0 radical (unpaired) electrons. The summed E-state index contributed by atoms with van der Waals surface area (Å²) in [6.45, 7) is 0. The van der Waals surface area contributed by atoms with E-state index >= 15 is 0 Å². The molecule has 0 aromatic heterocycles. The number of alkyl halides is 1. The van der Waals surface area contributed by atoms with Gasteiger partial charge in [-0.1, -0.05) is 0 Å². The highest BCUT2D eigenvalue weighted by atomic mass is 35.5. The maximum Gasteiger partial charge on any atom is 0.154 e. The number of rotatable bonds is 0. The van der Waals surface area contributed by atoms with Gasteiger partial charge in [-0.25, -0.2) is 8.42 Å². The summed E-state index contributed by atoms with van der Waals surface area (Å²) in [5.74, 6) is -0.267. The molecule has 0 aromatic carbocycles. The lowest BCUT2D eigenvalue weighted by Gasteiger charge is -1.99. The van der Waals surface area contributed by atoms with E-state index in [1.807, 2.05) is 0 Å². The van der Waals surface area contributed by atoms with Crippen LogP contribution < -0.4 is 0 Å². The number of hydrogen-bond donors (Lipinski definition) is 1. The minimum atomic E-state index is -3.03. The lowest BCUT2D eigenvalue weighted by atomic mass is 10.3. The Balaban J connectivity index is 2.77. The molecule has 1 aliphatic rings. The fraction of sp³-hybridized carbons (Fsp3) is 1.00. The highest BCUT2D eigenvalue weighted by Gasteiger charge is 2.34. The first-order valence-corrected chi connectivity index (χ1v) is 4.79. The van der Waals surface area contributed by atoms with E-state index in [0.29, 0.717) is 0 Å². The third kappa shape index (κ3) is 1.56. The molecule has 9 heavy (non-hydrogen) atoms. The summed E-state index contributed by atoms with van der Waals surface area (Å²) in [5.41, 5.74) is 0. The van der Waals surface area contributed by atoms with Crippen LogP contribution in [0.1, 0.15) is 0 Å². The zero-order valence-electron chi connectivity index (χ0n) is 4.62. The molecule has 1 aliphatic heterocycles. The monoisotopic (exact) mass is 170 g/mol. The molecule has 1 fully saturated rings. The van der Waals surface area contributed by atoms with Crippen LogP contribution in [-0.4, -0.2) is 36.5 Å². The van der Waals surface area contributed by atoms with Gasteiger partial charge in [0.15, 0.2) is 9.84 Å². The Labute approximate surface area is 58.6 Å². The molecule has 1 rings (SSSR count). The Morgan fingerprint density at radius 3 is 2.11 bits per heavy atom. The zero-order valence-corrected chi connectivity index (χ0v) is 6.19. The van der Waals surface area contributed by atoms with Crippen LogP contribution in [0, 0.1) is 0 Å². The molecule has 0 saturated carbocycles. The van der Waals surface area contributed by atoms with Gasteiger partial charge in [0.25, 0.3) is 0 Å². The molecular weight excluding hydrogens is 164 g/mol. The van der Waals surface area contributed by atoms with E-state index in [2.05, 4.69) is 0 Å². The number of sulfone groups is 1. The lowest BCUT2D eigenvalue weighted by molar-refractivity contribution is 0.205. The third-order valence-corrected chi connectivity index (χ3v) is 3.60. The molecule has 3 nitrogen and oxygen atoms in total. The van der Waals surface area contributed by atoms with Crippen molar-refractivity contribution in [3.05, 3.63) is 0 Å². The quantitative estimate of drug-likeness (QED) is 0.494. The molecule has 0 amide bonds. The molecule has 0 aliphatic carbocycles. The molecule has 0 aromatic rings. The van der Waals surface area contributed by atoms with Crippen molar-refractivity contribution in [3.63, 3.8) is 0 Å². The molecule has 54 valence electrons. The largest absolute Gasteiger partial charge is 0.390 e. The molecule has 2 unspecified atom stereocenters. The first kappa shape index (κ1) is 7.31. The van der Waals surface area contributed by atoms with E-state index in [-0.39, 0.29) is 11.5 Å². The smallest absolute Gasteiger partial charge is 0.154 e. The van der Waals surface area contributed by atoms with Crippen molar-refractivity contribution in [1.82, 2.24) is 0 Å². The number of hydrogen-bond acceptors (Lipinski definition) is 3. The fourth-order valence-corrected chi connectivity index (χ4v) is 3.15. The lowest BCUT2D eigenvalue weighted by Crippen LogP contribution is -2.16. The number of halogens is 1. The molecule has 2 atom stereocenters. The highest BCUT2D eigenvalue weighted by molar-refractivity contribution is 7.91. The van der Waals surface area contributed by atoms with Gasteiger partial charge >= 0.3 is 0 Å². The first-order chi connectivity index (χ1) is 4.01. The maximum absolute atomic E-state index is 10.6. The van der Waals surface area contributed by atoms with Gasteiger partial charge in [-0.15, -0.1) is 11.6 Å². The van der Waals surface area contributed by atoms with E-state index < -0.39 is 21.3 Å². The van der Waals surface area contributed by atoms with Crippen LogP contribution in [-0.2, 0) is 9.84 Å². The summed E-state index contributed by atoms with van der Waals surface area (Å²) in [6.07, 6.45) is -0.864. The van der Waals surface area contributed by atoms with E-state index in [9.17, 15) is 8.42 Å². The van der Waals surface area contributed by atoms with Gasteiger partial charge in [-0.3, -0.25) is 0 Å². The van der Waals surface area contributed by atoms with Gasteiger partial charge < -0.3 is 5.11 Å². The van der Waals surface area contributed by atoms with Crippen molar-refractivity contribution in [2.45, 2.75) is 11.5 Å². The van der Waals surface area contributed by atoms with Crippen LogP contribution in [0.25, 0.3) is 0 Å². The topological polar surface area (TPSA) is 54.4 Å². The molecule has 0 spiro atoms. The predicted molar refractivity (Wildman–Crippen MR) is 34.3 cm³/mol. The number of aliphatic hydroxyl groups excluding tert-OH is 1. The maximum atomic E-state index is 10.6. The van der Waals surface area contributed by atoms with Crippen molar-refractivity contribution < 1.29 is 13.5 Å². The molecule has 1 N–H and O–H groups in total. The second-order valence-corrected chi connectivity index (χ2v) is 4.87. The summed E-state index contributed by atoms with van der Waals surface area (Å²) >= 11 is 5.42. The first-order valence-electron chi connectivity index (χ1n) is 2.54. The SMILES string of the molecule is O=S1(=O)CC(O)C(Cl)C1. The number of aliphatic hydroxyl groups is 1. The van der Waals surface area contributed by atoms with E-state index in [0.717, 1.165) is 0 Å². The second-order valence-electron chi connectivity index (χ2n) is 2.16. The molecule has 1 saturated heterocycles. The van der Waals surface area contributed by atoms with Gasteiger partial charge in [0.1, 0.15) is 0 Å². The van der Waals surface area contributed by atoms with E-state index in [4.69, 9.17) is 16.7 Å².